The summed E-state index contributed by atoms with van der Waals surface area (Å²) in [7, 11) is 0. The summed E-state index contributed by atoms with van der Waals surface area (Å²) in [5.41, 5.74) is 1.69. The molecular formula is C16H15Cl2F2N. The molecule has 1 unspecified atom stereocenters. The van der Waals surface area contributed by atoms with Gasteiger partial charge in [0.25, 0.3) is 0 Å². The van der Waals surface area contributed by atoms with Gasteiger partial charge in [0.1, 0.15) is 11.6 Å². The van der Waals surface area contributed by atoms with Crippen LogP contribution in [0.5, 0.6) is 0 Å². The Hall–Kier alpha value is -1.16. The third-order valence-electron chi connectivity index (χ3n) is 3.24. The van der Waals surface area contributed by atoms with Crippen LogP contribution in [-0.2, 0) is 6.42 Å². The molecule has 0 aliphatic heterocycles. The predicted octanol–water partition coefficient (Wildman–Crippen LogP) is 5.16. The Morgan fingerprint density at radius 2 is 1.81 bits per heavy atom. The van der Waals surface area contributed by atoms with Gasteiger partial charge in [-0.15, -0.1) is 0 Å². The Bertz CT molecular complexity index is 632. The topological polar surface area (TPSA) is 12.0 Å². The summed E-state index contributed by atoms with van der Waals surface area (Å²) in [6.45, 7) is 2.71. The zero-order valence-electron chi connectivity index (χ0n) is 11.5. The van der Waals surface area contributed by atoms with Crippen molar-refractivity contribution in [1.29, 1.82) is 0 Å². The molecule has 2 aromatic rings. The summed E-state index contributed by atoms with van der Waals surface area (Å²) in [5, 5.41) is 3.77. The largest absolute Gasteiger partial charge is 0.310 e. The maximum absolute atomic E-state index is 13.3. The Balaban J connectivity index is 2.28. The summed E-state index contributed by atoms with van der Waals surface area (Å²) in [4.78, 5) is 0. The highest BCUT2D eigenvalue weighted by molar-refractivity contribution is 6.31. The minimum atomic E-state index is -0.449. The van der Waals surface area contributed by atoms with Gasteiger partial charge in [0.05, 0.1) is 5.02 Å². The van der Waals surface area contributed by atoms with Crippen LogP contribution in [0, 0.1) is 11.6 Å². The van der Waals surface area contributed by atoms with Crippen LogP contribution in [0.1, 0.15) is 24.1 Å². The van der Waals surface area contributed by atoms with Crippen LogP contribution in [0.2, 0.25) is 10.0 Å². The van der Waals surface area contributed by atoms with Gasteiger partial charge in [-0.2, -0.15) is 0 Å². The van der Waals surface area contributed by atoms with Gasteiger partial charge in [-0.3, -0.25) is 0 Å². The Kier molecular flexibility index (Phi) is 5.57. The number of halogens is 4. The van der Waals surface area contributed by atoms with E-state index in [2.05, 4.69) is 5.32 Å². The van der Waals surface area contributed by atoms with Gasteiger partial charge in [0.2, 0.25) is 0 Å². The van der Waals surface area contributed by atoms with Crippen LogP contribution < -0.4 is 5.32 Å². The predicted molar refractivity (Wildman–Crippen MR) is 82.9 cm³/mol. The number of hydrogen-bond donors (Lipinski definition) is 1. The van der Waals surface area contributed by atoms with Crippen LogP contribution in [0.25, 0.3) is 0 Å². The summed E-state index contributed by atoms with van der Waals surface area (Å²) in [6, 6.07) is 8.88. The molecule has 0 bridgehead atoms. The van der Waals surface area contributed by atoms with Gasteiger partial charge in [0.15, 0.2) is 0 Å². The number of rotatable bonds is 5. The lowest BCUT2D eigenvalue weighted by atomic mass is 9.98. The van der Waals surface area contributed by atoms with Gasteiger partial charge in [-0.05, 0) is 48.4 Å². The third-order valence-corrected chi connectivity index (χ3v) is 3.88. The van der Waals surface area contributed by atoms with E-state index in [1.165, 1.54) is 18.2 Å². The molecule has 1 nitrogen and oxygen atoms in total. The van der Waals surface area contributed by atoms with E-state index in [1.807, 2.05) is 6.92 Å². The monoisotopic (exact) mass is 329 g/mol. The van der Waals surface area contributed by atoms with Crippen molar-refractivity contribution in [3.63, 3.8) is 0 Å². The van der Waals surface area contributed by atoms with Crippen LogP contribution >= 0.6 is 23.2 Å². The highest BCUT2D eigenvalue weighted by Crippen LogP contribution is 2.26. The first-order chi connectivity index (χ1) is 10.0. The summed E-state index contributed by atoms with van der Waals surface area (Å²) in [6.07, 6.45) is 0.564. The SMILES string of the molecule is CCNC(Cc1ccc(F)cc1Cl)c1ccc(F)c(Cl)c1. The molecule has 0 amide bonds. The molecule has 5 heteroatoms. The highest BCUT2D eigenvalue weighted by atomic mass is 35.5. The van der Waals surface area contributed by atoms with E-state index in [9.17, 15) is 8.78 Å². The summed E-state index contributed by atoms with van der Waals surface area (Å²) < 4.78 is 26.4. The molecule has 0 aliphatic rings. The van der Waals surface area contributed by atoms with E-state index in [0.717, 1.165) is 17.7 Å². The minimum absolute atomic E-state index is 0.0731. The Morgan fingerprint density at radius 3 is 2.43 bits per heavy atom. The van der Waals surface area contributed by atoms with Gasteiger partial charge in [0, 0.05) is 11.1 Å². The van der Waals surface area contributed by atoms with Gasteiger partial charge in [-0.1, -0.05) is 42.3 Å². The fourth-order valence-electron chi connectivity index (χ4n) is 2.19. The van der Waals surface area contributed by atoms with E-state index in [-0.39, 0.29) is 16.9 Å². The molecule has 1 N–H and O–H groups in total. The lowest BCUT2D eigenvalue weighted by Crippen LogP contribution is -2.23. The smallest absolute Gasteiger partial charge is 0.141 e. The average molecular weight is 330 g/mol. The van der Waals surface area contributed by atoms with Crippen molar-refractivity contribution in [3.8, 4) is 0 Å². The first-order valence-electron chi connectivity index (χ1n) is 6.63. The molecule has 1 atom stereocenters. The molecule has 0 radical (unpaired) electrons. The third kappa shape index (κ3) is 4.16. The second kappa shape index (κ2) is 7.21. The fraction of sp³-hybridized carbons (Fsp3) is 0.250. The van der Waals surface area contributed by atoms with Gasteiger partial charge in [-0.25, -0.2) is 8.78 Å². The van der Waals surface area contributed by atoms with Crippen molar-refractivity contribution < 1.29 is 8.78 Å². The van der Waals surface area contributed by atoms with Crippen LogP contribution in [0.4, 0.5) is 8.78 Å². The van der Waals surface area contributed by atoms with E-state index in [4.69, 9.17) is 23.2 Å². The summed E-state index contributed by atoms with van der Waals surface area (Å²) in [5.74, 6) is -0.816. The van der Waals surface area contributed by atoms with Crippen molar-refractivity contribution in [1.82, 2.24) is 5.32 Å². The van der Waals surface area contributed by atoms with Crippen LogP contribution in [-0.4, -0.2) is 6.54 Å². The van der Waals surface area contributed by atoms with Crippen molar-refractivity contribution in [2.24, 2.45) is 0 Å². The minimum Gasteiger partial charge on any atom is -0.310 e. The molecule has 2 aromatic carbocycles. The standard InChI is InChI=1S/C16H15Cl2F2N/c1-2-21-16(11-4-6-15(20)14(18)7-11)8-10-3-5-12(19)9-13(10)17/h3-7,9,16,21H,2,8H2,1H3. The molecule has 112 valence electrons. The first kappa shape index (κ1) is 16.2. The summed E-state index contributed by atoms with van der Waals surface area (Å²) >= 11 is 11.9. The van der Waals surface area contributed by atoms with E-state index >= 15 is 0 Å². The van der Waals surface area contributed by atoms with Crippen LogP contribution in [0.3, 0.4) is 0 Å². The van der Waals surface area contributed by atoms with Crippen LogP contribution in [0.15, 0.2) is 36.4 Å². The maximum Gasteiger partial charge on any atom is 0.141 e. The average Bonchev–Trinajstić information content (AvgIpc) is 2.44. The molecule has 0 spiro atoms. The molecule has 0 aliphatic carbocycles. The second-order valence-corrected chi connectivity index (χ2v) is 5.54. The molecule has 0 fully saturated rings. The lowest BCUT2D eigenvalue weighted by Gasteiger charge is -2.19. The van der Waals surface area contributed by atoms with Gasteiger partial charge >= 0.3 is 0 Å². The quantitative estimate of drug-likeness (QED) is 0.798. The molecule has 0 saturated carbocycles. The molecular weight excluding hydrogens is 315 g/mol. The van der Waals surface area contributed by atoms with Crippen molar-refractivity contribution in [2.75, 3.05) is 6.54 Å². The highest BCUT2D eigenvalue weighted by Gasteiger charge is 2.15. The normalized spacial score (nSPS) is 12.4. The number of hydrogen-bond acceptors (Lipinski definition) is 1. The van der Waals surface area contributed by atoms with E-state index < -0.39 is 5.82 Å². The number of benzene rings is 2. The second-order valence-electron chi connectivity index (χ2n) is 4.72. The Labute approximate surface area is 132 Å². The first-order valence-corrected chi connectivity index (χ1v) is 7.39. The molecule has 0 saturated heterocycles. The molecule has 0 aromatic heterocycles. The number of nitrogens with one attached hydrogen (secondary N) is 1. The number of likely N-dealkylation sites (N-methyl/N-ethyl adjacent to an activating group) is 1. The fourth-order valence-corrected chi connectivity index (χ4v) is 2.62. The van der Waals surface area contributed by atoms with Crippen molar-refractivity contribution >= 4 is 23.2 Å². The van der Waals surface area contributed by atoms with E-state index in [1.54, 1.807) is 18.2 Å². The van der Waals surface area contributed by atoms with Crippen molar-refractivity contribution in [3.05, 3.63) is 69.2 Å². The molecule has 21 heavy (non-hydrogen) atoms. The maximum atomic E-state index is 13.3. The van der Waals surface area contributed by atoms with Crippen molar-refractivity contribution in [2.45, 2.75) is 19.4 Å². The van der Waals surface area contributed by atoms with E-state index in [0.29, 0.717) is 11.4 Å². The Morgan fingerprint density at radius 1 is 1.05 bits per heavy atom. The zero-order valence-corrected chi connectivity index (χ0v) is 13.0. The molecule has 2 rings (SSSR count). The molecule has 0 heterocycles. The van der Waals surface area contributed by atoms with Gasteiger partial charge < -0.3 is 5.32 Å². The lowest BCUT2D eigenvalue weighted by molar-refractivity contribution is 0.546. The zero-order chi connectivity index (χ0) is 15.4.